The third-order valence-electron chi connectivity index (χ3n) is 6.21. The van der Waals surface area contributed by atoms with Gasteiger partial charge in [-0.25, -0.2) is 9.78 Å². The minimum absolute atomic E-state index is 0.204. The molecule has 4 rings (SSSR count). The second-order valence-corrected chi connectivity index (χ2v) is 10.1. The Morgan fingerprint density at radius 3 is 2.42 bits per heavy atom. The van der Waals surface area contributed by atoms with Crippen molar-refractivity contribution in [3.63, 3.8) is 0 Å². The van der Waals surface area contributed by atoms with Crippen molar-refractivity contribution in [1.29, 1.82) is 0 Å². The molecule has 0 atom stereocenters. The van der Waals surface area contributed by atoms with Gasteiger partial charge in [-0.15, -0.1) is 0 Å². The Morgan fingerprint density at radius 2 is 1.79 bits per heavy atom. The number of hydrogen-bond donors (Lipinski definition) is 0. The fourth-order valence-electron chi connectivity index (χ4n) is 4.44. The standard InChI is InChI=1S/C27H35N3O3/c1-19-6-11-24-23(16-19)28-25(17-20-7-9-22(32-5)10-8-20)30(24)18-21-12-14-29(15-13-21)26(31)33-27(2,3)4/h6-11,16,21H,12-15,17-18H2,1-5H3. The average molecular weight is 450 g/mol. The van der Waals surface area contributed by atoms with E-state index in [4.69, 9.17) is 14.5 Å². The van der Waals surface area contributed by atoms with E-state index in [1.54, 1.807) is 7.11 Å². The van der Waals surface area contributed by atoms with Crippen LogP contribution in [0.2, 0.25) is 0 Å². The third-order valence-corrected chi connectivity index (χ3v) is 6.21. The Bertz CT molecular complexity index is 1100. The van der Waals surface area contributed by atoms with Crippen LogP contribution in [0, 0.1) is 12.8 Å². The van der Waals surface area contributed by atoms with E-state index >= 15 is 0 Å². The van der Waals surface area contributed by atoms with E-state index in [0.29, 0.717) is 5.92 Å². The van der Waals surface area contributed by atoms with Crippen LogP contribution in [0.15, 0.2) is 42.5 Å². The monoisotopic (exact) mass is 449 g/mol. The molecule has 33 heavy (non-hydrogen) atoms. The zero-order valence-electron chi connectivity index (χ0n) is 20.4. The highest BCUT2D eigenvalue weighted by atomic mass is 16.6. The summed E-state index contributed by atoms with van der Waals surface area (Å²) in [5.74, 6) is 2.44. The molecule has 0 aliphatic carbocycles. The summed E-state index contributed by atoms with van der Waals surface area (Å²) in [4.78, 5) is 19.3. The lowest BCUT2D eigenvalue weighted by molar-refractivity contribution is 0.0178. The largest absolute Gasteiger partial charge is 0.497 e. The van der Waals surface area contributed by atoms with E-state index in [2.05, 4.69) is 41.8 Å². The molecule has 2 heterocycles. The summed E-state index contributed by atoms with van der Waals surface area (Å²) >= 11 is 0. The number of imidazole rings is 1. The number of aromatic nitrogens is 2. The molecule has 0 spiro atoms. The molecule has 1 aliphatic rings. The molecule has 1 fully saturated rings. The first-order valence-electron chi connectivity index (χ1n) is 11.8. The Hall–Kier alpha value is -3.02. The molecule has 1 amide bonds. The molecule has 6 nitrogen and oxygen atoms in total. The van der Waals surface area contributed by atoms with Gasteiger partial charge in [0.2, 0.25) is 0 Å². The van der Waals surface area contributed by atoms with Crippen molar-refractivity contribution >= 4 is 17.1 Å². The molecule has 1 aliphatic heterocycles. The molecule has 0 unspecified atom stereocenters. The van der Waals surface area contributed by atoms with E-state index in [1.165, 1.54) is 16.6 Å². The van der Waals surface area contributed by atoms with Gasteiger partial charge < -0.3 is 18.9 Å². The van der Waals surface area contributed by atoms with Crippen molar-refractivity contribution < 1.29 is 14.3 Å². The summed E-state index contributed by atoms with van der Waals surface area (Å²) in [6.45, 7) is 10.2. The van der Waals surface area contributed by atoms with Crippen LogP contribution in [0.3, 0.4) is 0 Å². The Morgan fingerprint density at radius 1 is 1.09 bits per heavy atom. The number of carbonyl (C=O) groups excluding carboxylic acids is 1. The predicted molar refractivity (Wildman–Crippen MR) is 131 cm³/mol. The quantitative estimate of drug-likeness (QED) is 0.509. The van der Waals surface area contributed by atoms with E-state index in [0.717, 1.165) is 56.0 Å². The molecule has 1 aromatic heterocycles. The molecule has 6 heteroatoms. The maximum absolute atomic E-state index is 12.4. The minimum atomic E-state index is -0.460. The molecule has 0 saturated carbocycles. The molecule has 0 bridgehead atoms. The van der Waals surface area contributed by atoms with Crippen molar-refractivity contribution in [2.75, 3.05) is 20.2 Å². The number of likely N-dealkylation sites (tertiary alicyclic amines) is 1. The fourth-order valence-corrected chi connectivity index (χ4v) is 4.44. The number of rotatable bonds is 5. The molecule has 1 saturated heterocycles. The smallest absolute Gasteiger partial charge is 0.410 e. The van der Waals surface area contributed by atoms with Crippen molar-refractivity contribution in [3.8, 4) is 5.75 Å². The Labute approximate surface area is 196 Å². The molecule has 0 N–H and O–H groups in total. The third kappa shape index (κ3) is 5.67. The molecule has 0 radical (unpaired) electrons. The second-order valence-electron chi connectivity index (χ2n) is 10.1. The maximum atomic E-state index is 12.4. The number of benzene rings is 2. The van der Waals surface area contributed by atoms with Crippen LogP contribution in [0.5, 0.6) is 5.75 Å². The van der Waals surface area contributed by atoms with Crippen LogP contribution in [-0.4, -0.2) is 46.3 Å². The van der Waals surface area contributed by atoms with E-state index in [9.17, 15) is 4.79 Å². The summed E-state index contributed by atoms with van der Waals surface area (Å²) in [6.07, 6.45) is 2.50. The molecule has 176 valence electrons. The number of methoxy groups -OCH3 is 1. The summed E-state index contributed by atoms with van der Waals surface area (Å²) in [5, 5.41) is 0. The molecular weight excluding hydrogens is 414 g/mol. The fraction of sp³-hybridized carbons (Fsp3) is 0.481. The number of fused-ring (bicyclic) bond motifs is 1. The maximum Gasteiger partial charge on any atom is 0.410 e. The normalized spacial score (nSPS) is 15.1. The highest BCUT2D eigenvalue weighted by Gasteiger charge is 2.27. The van der Waals surface area contributed by atoms with Gasteiger partial charge in [-0.1, -0.05) is 18.2 Å². The van der Waals surface area contributed by atoms with Crippen LogP contribution in [-0.2, 0) is 17.7 Å². The SMILES string of the molecule is COc1ccc(Cc2nc3cc(C)ccc3n2CC2CCN(C(=O)OC(C)(C)C)CC2)cc1. The van der Waals surface area contributed by atoms with Crippen LogP contribution in [0.1, 0.15) is 50.6 Å². The highest BCUT2D eigenvalue weighted by Crippen LogP contribution is 2.26. The lowest BCUT2D eigenvalue weighted by Gasteiger charge is -2.33. The zero-order valence-corrected chi connectivity index (χ0v) is 20.4. The van der Waals surface area contributed by atoms with Crippen molar-refractivity contribution in [1.82, 2.24) is 14.5 Å². The van der Waals surface area contributed by atoms with Gasteiger partial charge in [0, 0.05) is 26.1 Å². The average Bonchev–Trinajstić information content (AvgIpc) is 3.09. The van der Waals surface area contributed by atoms with Crippen LogP contribution >= 0.6 is 0 Å². The number of carbonyl (C=O) groups is 1. The topological polar surface area (TPSA) is 56.6 Å². The highest BCUT2D eigenvalue weighted by molar-refractivity contribution is 5.77. The lowest BCUT2D eigenvalue weighted by atomic mass is 9.96. The summed E-state index contributed by atoms with van der Waals surface area (Å²) in [5.41, 5.74) is 4.19. The van der Waals surface area contributed by atoms with Crippen LogP contribution in [0.25, 0.3) is 11.0 Å². The van der Waals surface area contributed by atoms with Crippen molar-refractivity contribution in [2.24, 2.45) is 5.92 Å². The minimum Gasteiger partial charge on any atom is -0.497 e. The van der Waals surface area contributed by atoms with E-state index in [1.807, 2.05) is 37.8 Å². The Kier molecular flexibility index (Phi) is 6.63. The van der Waals surface area contributed by atoms with Crippen LogP contribution in [0.4, 0.5) is 4.79 Å². The van der Waals surface area contributed by atoms with E-state index < -0.39 is 5.60 Å². The van der Waals surface area contributed by atoms with E-state index in [-0.39, 0.29) is 6.09 Å². The van der Waals surface area contributed by atoms with Crippen molar-refractivity contribution in [2.45, 2.75) is 59.1 Å². The van der Waals surface area contributed by atoms with Gasteiger partial charge >= 0.3 is 6.09 Å². The first-order valence-corrected chi connectivity index (χ1v) is 11.8. The Balaban J connectivity index is 1.51. The van der Waals surface area contributed by atoms with Gasteiger partial charge in [-0.3, -0.25) is 0 Å². The number of piperidine rings is 1. The summed E-state index contributed by atoms with van der Waals surface area (Å²) < 4.78 is 13.2. The molecule has 3 aromatic rings. The number of amides is 1. The summed E-state index contributed by atoms with van der Waals surface area (Å²) in [6, 6.07) is 14.7. The predicted octanol–water partition coefficient (Wildman–Crippen LogP) is 5.59. The van der Waals surface area contributed by atoms with Gasteiger partial charge in [0.05, 0.1) is 18.1 Å². The molecular formula is C27H35N3O3. The van der Waals surface area contributed by atoms with Gasteiger partial charge in [0.25, 0.3) is 0 Å². The number of nitrogens with zero attached hydrogens (tertiary/aromatic N) is 3. The van der Waals surface area contributed by atoms with Gasteiger partial charge in [-0.2, -0.15) is 0 Å². The molecule has 2 aromatic carbocycles. The zero-order chi connectivity index (χ0) is 23.6. The number of hydrogen-bond acceptors (Lipinski definition) is 4. The lowest BCUT2D eigenvalue weighted by Crippen LogP contribution is -2.42. The van der Waals surface area contributed by atoms with Gasteiger partial charge in [-0.05, 0) is 81.8 Å². The first-order chi connectivity index (χ1) is 15.7. The first kappa shape index (κ1) is 23.1. The van der Waals surface area contributed by atoms with Gasteiger partial charge in [0.15, 0.2) is 0 Å². The second kappa shape index (κ2) is 9.46. The van der Waals surface area contributed by atoms with Gasteiger partial charge in [0.1, 0.15) is 17.2 Å². The van der Waals surface area contributed by atoms with Crippen LogP contribution < -0.4 is 4.74 Å². The number of aryl methyl sites for hydroxylation is 1. The van der Waals surface area contributed by atoms with Crippen molar-refractivity contribution in [3.05, 3.63) is 59.4 Å². The summed E-state index contributed by atoms with van der Waals surface area (Å²) in [7, 11) is 1.69. The number of ether oxygens (including phenoxy) is 2.